The fourth-order valence-electron chi connectivity index (χ4n) is 3.42. The molecule has 0 fully saturated rings. The van der Waals surface area contributed by atoms with E-state index in [2.05, 4.69) is 32.3 Å². The second-order valence-electron chi connectivity index (χ2n) is 7.59. The summed E-state index contributed by atoms with van der Waals surface area (Å²) in [7, 11) is 3.49. The highest BCUT2D eigenvalue weighted by Crippen LogP contribution is 2.26. The first-order chi connectivity index (χ1) is 16.1. The van der Waals surface area contributed by atoms with Gasteiger partial charge in [-0.1, -0.05) is 42.1 Å². The van der Waals surface area contributed by atoms with E-state index in [-0.39, 0.29) is 5.91 Å². The molecule has 0 unspecified atom stereocenters. The number of benzene rings is 2. The molecule has 1 amide bonds. The lowest BCUT2D eigenvalue weighted by atomic mass is 10.1. The number of hydrogen-bond acceptors (Lipinski definition) is 6. The Bertz CT molecular complexity index is 1160. The first kappa shape index (κ1) is 23.1. The van der Waals surface area contributed by atoms with E-state index in [0.29, 0.717) is 12.3 Å². The molecular formula is C25H26N4O2S2. The Morgan fingerprint density at radius 3 is 2.55 bits per heavy atom. The summed E-state index contributed by atoms with van der Waals surface area (Å²) < 4.78 is 7.38. The molecule has 0 N–H and O–H groups in total. The molecule has 0 saturated carbocycles. The Morgan fingerprint density at radius 2 is 1.85 bits per heavy atom. The molecule has 2 heterocycles. The van der Waals surface area contributed by atoms with Gasteiger partial charge in [0, 0.05) is 25.7 Å². The summed E-state index contributed by atoms with van der Waals surface area (Å²) in [5.41, 5.74) is 3.35. The van der Waals surface area contributed by atoms with Crippen molar-refractivity contribution in [3.8, 4) is 17.1 Å². The molecule has 6 nitrogen and oxygen atoms in total. The number of methoxy groups -OCH3 is 1. The molecular weight excluding hydrogens is 452 g/mol. The first-order valence-electron chi connectivity index (χ1n) is 10.6. The lowest BCUT2D eigenvalue weighted by Crippen LogP contribution is -2.27. The van der Waals surface area contributed by atoms with Gasteiger partial charge in [-0.15, -0.1) is 10.2 Å². The Morgan fingerprint density at radius 1 is 1.06 bits per heavy atom. The highest BCUT2D eigenvalue weighted by molar-refractivity contribution is 7.99. The average Bonchev–Trinajstić information content (AvgIpc) is 3.51. The molecule has 0 saturated heterocycles. The third kappa shape index (κ3) is 6.03. The van der Waals surface area contributed by atoms with E-state index in [1.165, 1.54) is 17.3 Å². The zero-order valence-electron chi connectivity index (χ0n) is 18.7. The van der Waals surface area contributed by atoms with Crippen LogP contribution in [0.15, 0.2) is 76.6 Å². The molecule has 4 aromatic rings. The minimum absolute atomic E-state index is 0.0646. The zero-order chi connectivity index (χ0) is 23.0. The third-order valence-corrected chi connectivity index (χ3v) is 6.97. The molecule has 33 heavy (non-hydrogen) atoms. The van der Waals surface area contributed by atoms with Crippen molar-refractivity contribution in [2.24, 2.45) is 0 Å². The zero-order valence-corrected chi connectivity index (χ0v) is 20.3. The second kappa shape index (κ2) is 11.2. The van der Waals surface area contributed by atoms with Crippen molar-refractivity contribution >= 4 is 29.0 Å². The van der Waals surface area contributed by atoms with Gasteiger partial charge in [-0.25, -0.2) is 0 Å². The molecule has 0 aliphatic rings. The number of nitrogens with zero attached hydrogens (tertiary/aromatic N) is 4. The monoisotopic (exact) mass is 478 g/mol. The fraction of sp³-hybridized carbons (Fsp3) is 0.240. The van der Waals surface area contributed by atoms with Crippen LogP contribution in [0.3, 0.4) is 0 Å². The van der Waals surface area contributed by atoms with Crippen molar-refractivity contribution in [3.63, 3.8) is 0 Å². The summed E-state index contributed by atoms with van der Waals surface area (Å²) in [6, 6.07) is 20.2. The minimum atomic E-state index is 0.0646. The molecule has 0 spiro atoms. The summed E-state index contributed by atoms with van der Waals surface area (Å²) in [5.74, 6) is 1.96. The largest absolute Gasteiger partial charge is 0.497 e. The van der Waals surface area contributed by atoms with Crippen LogP contribution < -0.4 is 4.74 Å². The Hall–Kier alpha value is -3.10. The summed E-state index contributed by atoms with van der Waals surface area (Å²) in [6.45, 7) is 1.33. The highest BCUT2D eigenvalue weighted by Gasteiger charge is 2.17. The van der Waals surface area contributed by atoms with Gasteiger partial charge in [-0.3, -0.25) is 4.79 Å². The first-order valence-corrected chi connectivity index (χ1v) is 12.6. The Kier molecular flexibility index (Phi) is 7.80. The lowest BCUT2D eigenvalue weighted by molar-refractivity contribution is -0.127. The van der Waals surface area contributed by atoms with Crippen LogP contribution in [0.2, 0.25) is 0 Å². The average molecular weight is 479 g/mol. The number of ether oxygens (including phenoxy) is 1. The number of carbonyl (C=O) groups is 1. The SMILES string of the molecule is COc1ccc(-c2nnc(SCC(=O)N(C)Cc3ccsc3)n2CCc2ccccc2)cc1. The Labute approximate surface area is 202 Å². The van der Waals surface area contributed by atoms with Crippen LogP contribution in [-0.2, 0) is 24.3 Å². The van der Waals surface area contributed by atoms with Crippen LogP contribution in [-0.4, -0.2) is 45.5 Å². The minimum Gasteiger partial charge on any atom is -0.497 e. The van der Waals surface area contributed by atoms with Crippen LogP contribution in [0.25, 0.3) is 11.4 Å². The molecule has 170 valence electrons. The van der Waals surface area contributed by atoms with Crippen molar-refractivity contribution in [3.05, 3.63) is 82.6 Å². The van der Waals surface area contributed by atoms with Gasteiger partial charge in [0.2, 0.25) is 5.91 Å². The topological polar surface area (TPSA) is 60.3 Å². The summed E-state index contributed by atoms with van der Waals surface area (Å²) in [5, 5.41) is 13.7. The molecule has 0 aliphatic carbocycles. The maximum absolute atomic E-state index is 12.7. The molecule has 2 aromatic heterocycles. The standard InChI is InChI=1S/C25H26N4O2S2/c1-28(16-20-13-15-32-17-20)23(30)18-33-25-27-26-24(21-8-10-22(31-2)11-9-21)29(25)14-12-19-6-4-3-5-7-19/h3-11,13,15,17H,12,14,16,18H2,1-2H3. The number of hydrogen-bond donors (Lipinski definition) is 0. The maximum atomic E-state index is 12.7. The predicted octanol–water partition coefficient (Wildman–Crippen LogP) is 5.01. The quantitative estimate of drug-likeness (QED) is 0.300. The van der Waals surface area contributed by atoms with Crippen LogP contribution >= 0.6 is 23.1 Å². The summed E-state index contributed by atoms with van der Waals surface area (Å²) in [6.07, 6.45) is 0.849. The number of thioether (sulfide) groups is 1. The van der Waals surface area contributed by atoms with E-state index < -0.39 is 0 Å². The smallest absolute Gasteiger partial charge is 0.233 e. The summed E-state index contributed by atoms with van der Waals surface area (Å²) in [4.78, 5) is 14.5. The number of thiophene rings is 1. The highest BCUT2D eigenvalue weighted by atomic mass is 32.2. The van der Waals surface area contributed by atoms with E-state index in [4.69, 9.17) is 4.74 Å². The molecule has 0 aliphatic heterocycles. The van der Waals surface area contributed by atoms with Gasteiger partial charge in [0.1, 0.15) is 5.75 Å². The molecule has 0 radical (unpaired) electrons. The van der Waals surface area contributed by atoms with Crippen molar-refractivity contribution in [2.75, 3.05) is 19.9 Å². The Balaban J connectivity index is 1.50. The second-order valence-corrected chi connectivity index (χ2v) is 9.31. The molecule has 2 aromatic carbocycles. The van der Waals surface area contributed by atoms with E-state index in [1.54, 1.807) is 23.3 Å². The number of aryl methyl sites for hydroxylation is 1. The predicted molar refractivity (Wildman–Crippen MR) is 134 cm³/mol. The van der Waals surface area contributed by atoms with Gasteiger partial charge in [-0.2, -0.15) is 11.3 Å². The number of rotatable bonds is 10. The van der Waals surface area contributed by atoms with Gasteiger partial charge in [0.05, 0.1) is 12.9 Å². The van der Waals surface area contributed by atoms with Gasteiger partial charge in [-0.05, 0) is 58.6 Å². The van der Waals surface area contributed by atoms with E-state index in [0.717, 1.165) is 40.8 Å². The van der Waals surface area contributed by atoms with E-state index in [9.17, 15) is 4.79 Å². The van der Waals surface area contributed by atoms with Crippen molar-refractivity contribution in [2.45, 2.75) is 24.7 Å². The van der Waals surface area contributed by atoms with Crippen LogP contribution in [0.5, 0.6) is 5.75 Å². The van der Waals surface area contributed by atoms with Gasteiger partial charge >= 0.3 is 0 Å². The van der Waals surface area contributed by atoms with E-state index >= 15 is 0 Å². The molecule has 0 atom stereocenters. The summed E-state index contributed by atoms with van der Waals surface area (Å²) >= 11 is 3.07. The fourth-order valence-corrected chi connectivity index (χ4v) is 4.98. The van der Waals surface area contributed by atoms with Gasteiger partial charge in [0.15, 0.2) is 11.0 Å². The maximum Gasteiger partial charge on any atom is 0.233 e. The van der Waals surface area contributed by atoms with Crippen molar-refractivity contribution in [1.82, 2.24) is 19.7 Å². The van der Waals surface area contributed by atoms with Crippen molar-refractivity contribution < 1.29 is 9.53 Å². The molecule has 8 heteroatoms. The molecule has 0 bridgehead atoms. The normalized spacial score (nSPS) is 10.8. The number of carbonyl (C=O) groups excluding carboxylic acids is 1. The van der Waals surface area contributed by atoms with Gasteiger partial charge in [0.25, 0.3) is 0 Å². The lowest BCUT2D eigenvalue weighted by Gasteiger charge is -2.16. The van der Waals surface area contributed by atoms with Crippen LogP contribution in [0.4, 0.5) is 0 Å². The molecule has 4 rings (SSSR count). The van der Waals surface area contributed by atoms with E-state index in [1.807, 2.05) is 61.0 Å². The van der Waals surface area contributed by atoms with Crippen LogP contribution in [0.1, 0.15) is 11.1 Å². The number of amides is 1. The van der Waals surface area contributed by atoms with Crippen molar-refractivity contribution in [1.29, 1.82) is 0 Å². The third-order valence-electron chi connectivity index (χ3n) is 5.28. The number of aromatic nitrogens is 3. The van der Waals surface area contributed by atoms with Crippen LogP contribution in [0, 0.1) is 0 Å². The van der Waals surface area contributed by atoms with Gasteiger partial charge < -0.3 is 14.2 Å².